The zero-order chi connectivity index (χ0) is 9.68. The fourth-order valence-corrected chi connectivity index (χ4v) is 1.09. The first-order chi connectivity index (χ1) is 6.22. The normalized spacial score (nSPS) is 9.69. The minimum atomic E-state index is 0.439. The molecule has 0 saturated heterocycles. The van der Waals surface area contributed by atoms with E-state index in [2.05, 4.69) is 16.5 Å². The van der Waals surface area contributed by atoms with Crippen LogP contribution in [0.1, 0.15) is 12.6 Å². The smallest absolute Gasteiger partial charge is 0.132 e. The standard InChI is InChI=1S/C9H11ClN2O/c1-3-13-7(2)4-8-5-9(10)12-6-11-8/h5-6H,2-4H2,1H3. The first-order valence-electron chi connectivity index (χ1n) is 3.99. The minimum absolute atomic E-state index is 0.439. The van der Waals surface area contributed by atoms with Crippen molar-refractivity contribution in [2.75, 3.05) is 6.61 Å². The molecule has 0 aliphatic heterocycles. The molecule has 3 nitrogen and oxygen atoms in total. The highest BCUT2D eigenvalue weighted by molar-refractivity contribution is 6.29. The van der Waals surface area contributed by atoms with Gasteiger partial charge in [-0.25, -0.2) is 9.97 Å². The molecule has 0 atom stereocenters. The predicted molar refractivity (Wildman–Crippen MR) is 51.5 cm³/mol. The summed E-state index contributed by atoms with van der Waals surface area (Å²) in [6.45, 7) is 6.28. The Morgan fingerprint density at radius 2 is 2.38 bits per heavy atom. The number of allylic oxidation sites excluding steroid dienone is 1. The summed E-state index contributed by atoms with van der Waals surface area (Å²) in [6, 6.07) is 1.70. The predicted octanol–water partition coefficient (Wildman–Crippen LogP) is 2.22. The van der Waals surface area contributed by atoms with Gasteiger partial charge < -0.3 is 4.74 Å². The number of ether oxygens (including phenoxy) is 1. The van der Waals surface area contributed by atoms with E-state index in [-0.39, 0.29) is 0 Å². The van der Waals surface area contributed by atoms with Crippen molar-refractivity contribution in [2.24, 2.45) is 0 Å². The lowest BCUT2D eigenvalue weighted by Crippen LogP contribution is -1.97. The lowest BCUT2D eigenvalue weighted by molar-refractivity contribution is 0.224. The molecule has 0 amide bonds. The van der Waals surface area contributed by atoms with Gasteiger partial charge in [0, 0.05) is 6.42 Å². The average Bonchev–Trinajstić information content (AvgIpc) is 2.04. The van der Waals surface area contributed by atoms with Crippen LogP contribution in [0.5, 0.6) is 0 Å². The Kier molecular flexibility index (Phi) is 3.71. The Balaban J connectivity index is 2.58. The molecule has 0 aromatic carbocycles. The highest BCUT2D eigenvalue weighted by Crippen LogP contribution is 2.08. The molecule has 0 N–H and O–H groups in total. The topological polar surface area (TPSA) is 35.0 Å². The number of halogens is 1. The molecule has 0 bridgehead atoms. The van der Waals surface area contributed by atoms with E-state index >= 15 is 0 Å². The van der Waals surface area contributed by atoms with Crippen molar-refractivity contribution >= 4 is 11.6 Å². The first kappa shape index (κ1) is 9.99. The van der Waals surface area contributed by atoms with Crippen LogP contribution in [0.15, 0.2) is 24.7 Å². The maximum atomic E-state index is 5.68. The molecule has 0 radical (unpaired) electrons. The van der Waals surface area contributed by atoms with E-state index in [0.29, 0.717) is 23.9 Å². The van der Waals surface area contributed by atoms with E-state index in [9.17, 15) is 0 Å². The molecule has 70 valence electrons. The van der Waals surface area contributed by atoms with Gasteiger partial charge >= 0.3 is 0 Å². The molecular formula is C9H11ClN2O. The van der Waals surface area contributed by atoms with Gasteiger partial charge in [-0.1, -0.05) is 18.2 Å². The fraction of sp³-hybridized carbons (Fsp3) is 0.333. The molecule has 13 heavy (non-hydrogen) atoms. The second-order valence-corrected chi connectivity index (χ2v) is 2.87. The zero-order valence-corrected chi connectivity index (χ0v) is 8.21. The van der Waals surface area contributed by atoms with Crippen LogP contribution in [0.2, 0.25) is 5.15 Å². The van der Waals surface area contributed by atoms with Gasteiger partial charge in [-0.15, -0.1) is 0 Å². The van der Waals surface area contributed by atoms with E-state index in [4.69, 9.17) is 16.3 Å². The van der Waals surface area contributed by atoms with Gasteiger partial charge in [0.2, 0.25) is 0 Å². The molecule has 0 aliphatic rings. The van der Waals surface area contributed by atoms with Crippen LogP contribution in [-0.2, 0) is 11.2 Å². The third kappa shape index (κ3) is 3.42. The molecule has 1 heterocycles. The maximum absolute atomic E-state index is 5.68. The van der Waals surface area contributed by atoms with Crippen molar-refractivity contribution in [1.29, 1.82) is 0 Å². The van der Waals surface area contributed by atoms with Gasteiger partial charge in [0.25, 0.3) is 0 Å². The number of hydrogen-bond donors (Lipinski definition) is 0. The van der Waals surface area contributed by atoms with Crippen molar-refractivity contribution in [2.45, 2.75) is 13.3 Å². The van der Waals surface area contributed by atoms with E-state index in [0.717, 1.165) is 5.69 Å². The Bertz CT molecular complexity index is 301. The molecule has 1 rings (SSSR count). The summed E-state index contributed by atoms with van der Waals surface area (Å²) >= 11 is 5.68. The van der Waals surface area contributed by atoms with Crippen molar-refractivity contribution < 1.29 is 4.74 Å². The summed E-state index contributed by atoms with van der Waals surface area (Å²) in [4.78, 5) is 7.80. The molecule has 1 aromatic rings. The third-order valence-electron chi connectivity index (χ3n) is 1.42. The average molecular weight is 199 g/mol. The van der Waals surface area contributed by atoms with Crippen molar-refractivity contribution in [3.05, 3.63) is 35.6 Å². The summed E-state index contributed by atoms with van der Waals surface area (Å²) in [7, 11) is 0. The Hall–Kier alpha value is -1.09. The van der Waals surface area contributed by atoms with Gasteiger partial charge in [0.15, 0.2) is 0 Å². The number of aromatic nitrogens is 2. The van der Waals surface area contributed by atoms with Gasteiger partial charge in [-0.05, 0) is 13.0 Å². The van der Waals surface area contributed by atoms with Crippen LogP contribution in [0, 0.1) is 0 Å². The highest BCUT2D eigenvalue weighted by Gasteiger charge is 2.00. The highest BCUT2D eigenvalue weighted by atomic mass is 35.5. The van der Waals surface area contributed by atoms with Crippen LogP contribution in [0.25, 0.3) is 0 Å². The van der Waals surface area contributed by atoms with Crippen molar-refractivity contribution in [1.82, 2.24) is 9.97 Å². The summed E-state index contributed by atoms with van der Waals surface area (Å²) in [5.74, 6) is 0.692. The summed E-state index contributed by atoms with van der Waals surface area (Å²) < 4.78 is 5.19. The van der Waals surface area contributed by atoms with Crippen LogP contribution < -0.4 is 0 Å². The fourth-order valence-electron chi connectivity index (χ4n) is 0.924. The molecular weight excluding hydrogens is 188 g/mol. The molecule has 0 saturated carbocycles. The minimum Gasteiger partial charge on any atom is -0.498 e. The second-order valence-electron chi connectivity index (χ2n) is 2.48. The van der Waals surface area contributed by atoms with E-state index in [1.807, 2.05) is 6.92 Å². The van der Waals surface area contributed by atoms with Gasteiger partial charge in [-0.2, -0.15) is 0 Å². The first-order valence-corrected chi connectivity index (χ1v) is 4.37. The molecule has 0 spiro atoms. The maximum Gasteiger partial charge on any atom is 0.132 e. The third-order valence-corrected chi connectivity index (χ3v) is 1.62. The molecule has 0 aliphatic carbocycles. The van der Waals surface area contributed by atoms with Gasteiger partial charge in [0.05, 0.1) is 18.1 Å². The monoisotopic (exact) mass is 198 g/mol. The van der Waals surface area contributed by atoms with E-state index in [1.54, 1.807) is 6.07 Å². The van der Waals surface area contributed by atoms with E-state index in [1.165, 1.54) is 6.33 Å². The SMILES string of the molecule is C=C(Cc1cc(Cl)ncn1)OCC. The van der Waals surface area contributed by atoms with Crippen LogP contribution in [-0.4, -0.2) is 16.6 Å². The lowest BCUT2D eigenvalue weighted by Gasteiger charge is -2.05. The molecule has 4 heteroatoms. The van der Waals surface area contributed by atoms with E-state index < -0.39 is 0 Å². The zero-order valence-electron chi connectivity index (χ0n) is 7.46. The largest absolute Gasteiger partial charge is 0.498 e. The van der Waals surface area contributed by atoms with Crippen molar-refractivity contribution in [3.63, 3.8) is 0 Å². The molecule has 1 aromatic heterocycles. The summed E-state index contributed by atoms with van der Waals surface area (Å²) in [5, 5.41) is 0.439. The second kappa shape index (κ2) is 4.82. The summed E-state index contributed by atoms with van der Waals surface area (Å²) in [6.07, 6.45) is 2.01. The number of nitrogens with zero attached hydrogens (tertiary/aromatic N) is 2. The Morgan fingerprint density at radius 3 is 3.00 bits per heavy atom. The Morgan fingerprint density at radius 1 is 1.62 bits per heavy atom. The Labute approximate surface area is 82.4 Å². The summed E-state index contributed by atoms with van der Waals surface area (Å²) in [5.41, 5.74) is 0.818. The van der Waals surface area contributed by atoms with Gasteiger partial charge in [0.1, 0.15) is 11.5 Å². The van der Waals surface area contributed by atoms with Crippen LogP contribution >= 0.6 is 11.6 Å². The van der Waals surface area contributed by atoms with Crippen LogP contribution in [0.4, 0.5) is 0 Å². The quantitative estimate of drug-likeness (QED) is 0.550. The van der Waals surface area contributed by atoms with Crippen LogP contribution in [0.3, 0.4) is 0 Å². The lowest BCUT2D eigenvalue weighted by atomic mass is 10.3. The number of hydrogen-bond acceptors (Lipinski definition) is 3. The van der Waals surface area contributed by atoms with Gasteiger partial charge in [-0.3, -0.25) is 0 Å². The van der Waals surface area contributed by atoms with Crippen molar-refractivity contribution in [3.8, 4) is 0 Å². The number of rotatable bonds is 4. The molecule has 0 fully saturated rings. The molecule has 0 unspecified atom stereocenters.